The van der Waals surface area contributed by atoms with Gasteiger partial charge in [0.15, 0.2) is 0 Å². The van der Waals surface area contributed by atoms with Crippen LogP contribution in [0.5, 0.6) is 0 Å². The standard InChI is InChI=1S/C24H27BrNOP/c1-27-18-19-9-8-16-26(19)17-22-23(25)14-15-24(22)28(20-10-4-2-5-11-20)21-12-6-3-7-13-21/h2-7,10-15,19,23H,8-9,16-18H2,1H3/t19-,23+/m0/s1. The van der Waals surface area contributed by atoms with Gasteiger partial charge in [-0.05, 0) is 48.8 Å². The SMILES string of the molecule is COC[C@@H]1CCCN1CC1=C(P(c2ccccc2)c2ccccc2)C=C[C@H]1Br. The molecule has 146 valence electrons. The smallest absolute Gasteiger partial charge is 0.0618 e. The van der Waals surface area contributed by atoms with Gasteiger partial charge in [-0.2, -0.15) is 0 Å². The lowest BCUT2D eigenvalue weighted by atomic mass is 10.2. The molecule has 0 amide bonds. The Morgan fingerprint density at radius 2 is 1.68 bits per heavy atom. The zero-order chi connectivity index (χ0) is 19.3. The third-order valence-electron chi connectivity index (χ3n) is 5.59. The molecule has 0 saturated carbocycles. The second kappa shape index (κ2) is 9.50. The molecule has 2 aromatic carbocycles. The lowest BCUT2D eigenvalue weighted by Crippen LogP contribution is -2.35. The average molecular weight is 456 g/mol. The highest BCUT2D eigenvalue weighted by Gasteiger charge is 2.31. The molecule has 0 spiro atoms. The molecule has 2 atom stereocenters. The number of allylic oxidation sites excluding steroid dienone is 3. The van der Waals surface area contributed by atoms with Crippen molar-refractivity contribution in [2.45, 2.75) is 23.7 Å². The minimum atomic E-state index is -0.555. The van der Waals surface area contributed by atoms with Crippen LogP contribution in [0, 0.1) is 0 Å². The van der Waals surface area contributed by atoms with Crippen LogP contribution in [0.4, 0.5) is 0 Å². The molecule has 2 nitrogen and oxygen atoms in total. The number of methoxy groups -OCH3 is 1. The van der Waals surface area contributed by atoms with Crippen LogP contribution in [0.3, 0.4) is 0 Å². The van der Waals surface area contributed by atoms with E-state index in [0.29, 0.717) is 10.9 Å². The van der Waals surface area contributed by atoms with Gasteiger partial charge in [-0.25, -0.2) is 0 Å². The summed E-state index contributed by atoms with van der Waals surface area (Å²) < 4.78 is 5.48. The van der Waals surface area contributed by atoms with Crippen molar-refractivity contribution in [2.24, 2.45) is 0 Å². The first-order chi connectivity index (χ1) is 13.8. The first-order valence-corrected chi connectivity index (χ1v) is 12.2. The largest absolute Gasteiger partial charge is 0.383 e. The van der Waals surface area contributed by atoms with Crippen molar-refractivity contribution in [1.29, 1.82) is 0 Å². The molecule has 0 N–H and O–H groups in total. The summed E-state index contributed by atoms with van der Waals surface area (Å²) in [5.41, 5.74) is 1.52. The number of hydrogen-bond acceptors (Lipinski definition) is 2. The molecule has 4 rings (SSSR count). The molecule has 0 aromatic heterocycles. The van der Waals surface area contributed by atoms with E-state index in [4.69, 9.17) is 4.74 Å². The number of ether oxygens (including phenoxy) is 1. The molecular formula is C24H27BrNOP. The minimum absolute atomic E-state index is 0.323. The quantitative estimate of drug-likeness (QED) is 0.438. The second-order valence-corrected chi connectivity index (χ2v) is 10.6. The number of rotatable bonds is 7. The normalized spacial score (nSPS) is 22.5. The van der Waals surface area contributed by atoms with Crippen LogP contribution in [0.1, 0.15) is 12.8 Å². The Morgan fingerprint density at radius 1 is 1.04 bits per heavy atom. The summed E-state index contributed by atoms with van der Waals surface area (Å²) in [6, 6.07) is 22.5. The number of alkyl halides is 1. The highest BCUT2D eigenvalue weighted by molar-refractivity contribution is 9.09. The van der Waals surface area contributed by atoms with Crippen molar-refractivity contribution < 1.29 is 4.74 Å². The Hall–Kier alpha value is -1.25. The van der Waals surface area contributed by atoms with Crippen LogP contribution in [-0.2, 0) is 4.74 Å². The molecule has 0 radical (unpaired) electrons. The van der Waals surface area contributed by atoms with Gasteiger partial charge in [0.1, 0.15) is 0 Å². The van der Waals surface area contributed by atoms with Gasteiger partial charge in [-0.3, -0.25) is 4.90 Å². The predicted molar refractivity (Wildman–Crippen MR) is 124 cm³/mol. The lowest BCUT2D eigenvalue weighted by Gasteiger charge is -2.28. The molecule has 1 aliphatic heterocycles. The molecule has 2 aromatic rings. The Balaban J connectivity index is 1.72. The summed E-state index contributed by atoms with van der Waals surface area (Å²) in [5.74, 6) is 0. The fourth-order valence-corrected chi connectivity index (χ4v) is 7.46. The molecule has 0 unspecified atom stereocenters. The van der Waals surface area contributed by atoms with Crippen LogP contribution < -0.4 is 10.6 Å². The van der Waals surface area contributed by atoms with Crippen molar-refractivity contribution in [3.05, 3.63) is 83.7 Å². The summed E-state index contributed by atoms with van der Waals surface area (Å²) in [5, 5.41) is 4.33. The van der Waals surface area contributed by atoms with Crippen LogP contribution >= 0.6 is 23.9 Å². The van der Waals surface area contributed by atoms with Crippen molar-refractivity contribution in [1.82, 2.24) is 4.90 Å². The first kappa shape index (κ1) is 20.0. The zero-order valence-electron chi connectivity index (χ0n) is 16.3. The molecule has 1 heterocycles. The predicted octanol–water partition coefficient (Wildman–Crippen LogP) is 4.82. The summed E-state index contributed by atoms with van der Waals surface area (Å²) in [6.07, 6.45) is 7.18. The van der Waals surface area contributed by atoms with Crippen molar-refractivity contribution in [3.63, 3.8) is 0 Å². The number of halogens is 1. The maximum absolute atomic E-state index is 5.48. The second-order valence-electron chi connectivity index (χ2n) is 7.40. The van der Waals surface area contributed by atoms with Crippen LogP contribution in [-0.4, -0.2) is 42.6 Å². The topological polar surface area (TPSA) is 12.5 Å². The molecule has 0 bridgehead atoms. The van der Waals surface area contributed by atoms with E-state index in [0.717, 1.165) is 13.2 Å². The third kappa shape index (κ3) is 4.33. The van der Waals surface area contributed by atoms with Crippen molar-refractivity contribution in [2.75, 3.05) is 26.8 Å². The monoisotopic (exact) mass is 455 g/mol. The Bertz CT molecular complexity index is 797. The summed E-state index contributed by atoms with van der Waals surface area (Å²) in [4.78, 5) is 2.94. The third-order valence-corrected chi connectivity index (χ3v) is 8.99. The first-order valence-electron chi connectivity index (χ1n) is 9.96. The Morgan fingerprint density at radius 3 is 2.29 bits per heavy atom. The van der Waals surface area contributed by atoms with Gasteiger partial charge < -0.3 is 4.74 Å². The lowest BCUT2D eigenvalue weighted by molar-refractivity contribution is 0.120. The van der Waals surface area contributed by atoms with E-state index in [9.17, 15) is 0 Å². The number of hydrogen-bond donors (Lipinski definition) is 0. The average Bonchev–Trinajstić information content (AvgIpc) is 3.32. The van der Waals surface area contributed by atoms with Gasteiger partial charge in [0.05, 0.1) is 11.4 Å². The minimum Gasteiger partial charge on any atom is -0.383 e. The van der Waals surface area contributed by atoms with E-state index in [1.54, 1.807) is 0 Å². The molecule has 1 fully saturated rings. The molecular weight excluding hydrogens is 429 g/mol. The van der Waals surface area contributed by atoms with Crippen LogP contribution in [0.25, 0.3) is 0 Å². The zero-order valence-corrected chi connectivity index (χ0v) is 18.8. The van der Waals surface area contributed by atoms with E-state index in [-0.39, 0.29) is 0 Å². The van der Waals surface area contributed by atoms with Gasteiger partial charge in [-0.1, -0.05) is 88.7 Å². The summed E-state index contributed by atoms with van der Waals surface area (Å²) in [7, 11) is 1.26. The van der Waals surface area contributed by atoms with Crippen LogP contribution in [0.15, 0.2) is 83.7 Å². The highest BCUT2D eigenvalue weighted by Crippen LogP contribution is 2.49. The van der Waals surface area contributed by atoms with Gasteiger partial charge >= 0.3 is 0 Å². The van der Waals surface area contributed by atoms with E-state index >= 15 is 0 Å². The van der Waals surface area contributed by atoms with Gasteiger partial charge in [0, 0.05) is 19.7 Å². The van der Waals surface area contributed by atoms with Crippen molar-refractivity contribution in [3.8, 4) is 0 Å². The molecule has 1 aliphatic carbocycles. The Kier molecular flexibility index (Phi) is 6.80. The van der Waals surface area contributed by atoms with Gasteiger partial charge in [0.25, 0.3) is 0 Å². The molecule has 4 heteroatoms. The van der Waals surface area contributed by atoms with Crippen LogP contribution in [0.2, 0.25) is 0 Å². The van der Waals surface area contributed by atoms with E-state index in [1.807, 2.05) is 7.11 Å². The van der Waals surface area contributed by atoms with Gasteiger partial charge in [0.2, 0.25) is 0 Å². The maximum atomic E-state index is 5.48. The summed E-state index contributed by atoms with van der Waals surface area (Å²) >= 11 is 3.93. The number of benzene rings is 2. The number of likely N-dealkylation sites (tertiary alicyclic amines) is 1. The van der Waals surface area contributed by atoms with E-state index in [2.05, 4.69) is 93.6 Å². The molecule has 1 saturated heterocycles. The molecule has 28 heavy (non-hydrogen) atoms. The van der Waals surface area contributed by atoms with E-state index in [1.165, 1.54) is 40.9 Å². The van der Waals surface area contributed by atoms with Gasteiger partial charge in [-0.15, -0.1) is 0 Å². The van der Waals surface area contributed by atoms with Crippen molar-refractivity contribution >= 4 is 34.5 Å². The highest BCUT2D eigenvalue weighted by atomic mass is 79.9. The van der Waals surface area contributed by atoms with E-state index < -0.39 is 7.92 Å². The molecule has 2 aliphatic rings. The summed E-state index contributed by atoms with van der Waals surface area (Å²) in [6.45, 7) is 3.01. The maximum Gasteiger partial charge on any atom is 0.0618 e. The Labute approximate surface area is 178 Å². The number of nitrogens with zero attached hydrogens (tertiary/aromatic N) is 1. The fourth-order valence-electron chi connectivity index (χ4n) is 4.21. The fraction of sp³-hybridized carbons (Fsp3) is 0.333.